The van der Waals surface area contributed by atoms with Gasteiger partial charge in [-0.05, 0) is 32.0 Å². The van der Waals surface area contributed by atoms with Crippen LogP contribution in [0.3, 0.4) is 0 Å². The quantitative estimate of drug-likeness (QED) is 0.740. The van der Waals surface area contributed by atoms with Crippen molar-refractivity contribution in [2.75, 3.05) is 19.7 Å². The van der Waals surface area contributed by atoms with Crippen LogP contribution in [0.25, 0.3) is 0 Å². The Bertz CT molecular complexity index is 942. The Morgan fingerprint density at radius 1 is 1.07 bits per heavy atom. The summed E-state index contributed by atoms with van der Waals surface area (Å²) in [7, 11) is 0. The SMILES string of the molecule is CC1(C)Cc2cccc(OCC#CCNC(=O)CNC(=O)c3ccccc3)c2O1. The third kappa shape index (κ3) is 5.76. The van der Waals surface area contributed by atoms with Crippen molar-refractivity contribution in [3.63, 3.8) is 0 Å². The number of hydrogen-bond donors (Lipinski definition) is 2. The van der Waals surface area contributed by atoms with E-state index >= 15 is 0 Å². The molecule has 0 spiro atoms. The number of amides is 2. The van der Waals surface area contributed by atoms with Crippen LogP contribution < -0.4 is 20.1 Å². The van der Waals surface area contributed by atoms with E-state index in [0.717, 1.165) is 17.7 Å². The van der Waals surface area contributed by atoms with E-state index in [2.05, 4.69) is 22.5 Å². The van der Waals surface area contributed by atoms with Crippen LogP contribution in [0, 0.1) is 11.8 Å². The van der Waals surface area contributed by atoms with Gasteiger partial charge in [-0.3, -0.25) is 9.59 Å². The Morgan fingerprint density at radius 2 is 1.86 bits per heavy atom. The molecule has 2 aromatic rings. The first-order chi connectivity index (χ1) is 13.9. The van der Waals surface area contributed by atoms with E-state index in [1.807, 2.05) is 38.1 Å². The lowest BCUT2D eigenvalue weighted by molar-refractivity contribution is -0.119. The molecule has 150 valence electrons. The first-order valence-electron chi connectivity index (χ1n) is 9.44. The number of benzene rings is 2. The number of para-hydroxylation sites is 1. The highest BCUT2D eigenvalue weighted by atomic mass is 16.5. The molecule has 0 aliphatic carbocycles. The number of ether oxygens (including phenoxy) is 2. The Morgan fingerprint density at radius 3 is 2.66 bits per heavy atom. The van der Waals surface area contributed by atoms with Gasteiger partial charge >= 0.3 is 0 Å². The summed E-state index contributed by atoms with van der Waals surface area (Å²) in [6.07, 6.45) is 0.845. The molecule has 3 rings (SSSR count). The molecule has 1 aliphatic rings. The molecule has 0 saturated heterocycles. The lowest BCUT2D eigenvalue weighted by atomic mass is 10.0. The van der Waals surface area contributed by atoms with Crippen molar-refractivity contribution in [2.45, 2.75) is 25.9 Å². The molecule has 1 heterocycles. The highest BCUT2D eigenvalue weighted by Gasteiger charge is 2.32. The van der Waals surface area contributed by atoms with E-state index in [1.165, 1.54) is 0 Å². The zero-order valence-corrected chi connectivity index (χ0v) is 16.6. The monoisotopic (exact) mass is 392 g/mol. The van der Waals surface area contributed by atoms with Crippen LogP contribution in [0.2, 0.25) is 0 Å². The van der Waals surface area contributed by atoms with Crippen LogP contribution in [-0.2, 0) is 11.2 Å². The van der Waals surface area contributed by atoms with Gasteiger partial charge in [0.05, 0.1) is 13.1 Å². The molecular formula is C23H24N2O4. The summed E-state index contributed by atoms with van der Waals surface area (Å²) in [5, 5.41) is 5.20. The summed E-state index contributed by atoms with van der Waals surface area (Å²) in [6, 6.07) is 14.6. The van der Waals surface area contributed by atoms with E-state index in [1.54, 1.807) is 24.3 Å². The van der Waals surface area contributed by atoms with Crippen molar-refractivity contribution in [3.05, 3.63) is 59.7 Å². The lowest BCUT2D eigenvalue weighted by Gasteiger charge is -2.17. The molecule has 0 aromatic heterocycles. The van der Waals surface area contributed by atoms with Crippen molar-refractivity contribution in [3.8, 4) is 23.3 Å². The minimum atomic E-state index is -0.305. The number of nitrogens with one attached hydrogen (secondary N) is 2. The Hall–Kier alpha value is -3.46. The minimum Gasteiger partial charge on any atom is -0.483 e. The Balaban J connectivity index is 1.37. The van der Waals surface area contributed by atoms with Gasteiger partial charge in [0.15, 0.2) is 11.5 Å². The van der Waals surface area contributed by atoms with E-state index in [9.17, 15) is 9.59 Å². The maximum absolute atomic E-state index is 11.9. The molecule has 0 unspecified atom stereocenters. The van der Waals surface area contributed by atoms with Gasteiger partial charge in [-0.25, -0.2) is 0 Å². The number of fused-ring (bicyclic) bond motifs is 1. The molecule has 2 aromatic carbocycles. The molecule has 6 heteroatoms. The number of hydrogen-bond acceptors (Lipinski definition) is 4. The topological polar surface area (TPSA) is 76.7 Å². The lowest BCUT2D eigenvalue weighted by Crippen LogP contribution is -2.37. The molecule has 0 saturated carbocycles. The van der Waals surface area contributed by atoms with Crippen molar-refractivity contribution >= 4 is 11.8 Å². The fourth-order valence-corrected chi connectivity index (χ4v) is 2.99. The second kappa shape index (κ2) is 9.16. The van der Waals surface area contributed by atoms with Crippen LogP contribution >= 0.6 is 0 Å². The van der Waals surface area contributed by atoms with Crippen LogP contribution in [-0.4, -0.2) is 37.1 Å². The van der Waals surface area contributed by atoms with Gasteiger partial charge in [0.2, 0.25) is 5.91 Å². The van der Waals surface area contributed by atoms with E-state index in [-0.39, 0.29) is 37.1 Å². The van der Waals surface area contributed by atoms with Gasteiger partial charge in [0, 0.05) is 17.5 Å². The van der Waals surface area contributed by atoms with Crippen LogP contribution in [0.4, 0.5) is 0 Å². The molecule has 0 fully saturated rings. The van der Waals surface area contributed by atoms with E-state index in [0.29, 0.717) is 11.3 Å². The molecule has 0 atom stereocenters. The maximum Gasteiger partial charge on any atom is 0.251 e. The van der Waals surface area contributed by atoms with Gasteiger partial charge in [-0.15, -0.1) is 0 Å². The van der Waals surface area contributed by atoms with Crippen molar-refractivity contribution in [2.24, 2.45) is 0 Å². The third-order valence-electron chi connectivity index (χ3n) is 4.30. The fraction of sp³-hybridized carbons (Fsp3) is 0.304. The molecule has 2 amide bonds. The Kier molecular flexibility index (Phi) is 6.40. The standard InChI is InChI=1S/C23H24N2O4/c1-23(2)15-18-11-8-12-19(21(18)29-23)28-14-7-6-13-24-20(26)16-25-22(27)17-9-4-3-5-10-17/h3-5,8-12H,13-16H2,1-2H3,(H,24,26)(H,25,27). The highest BCUT2D eigenvalue weighted by Crippen LogP contribution is 2.41. The van der Waals surface area contributed by atoms with E-state index < -0.39 is 0 Å². The minimum absolute atomic E-state index is 0.102. The van der Waals surface area contributed by atoms with Gasteiger partial charge in [0.25, 0.3) is 5.91 Å². The summed E-state index contributed by atoms with van der Waals surface area (Å²) in [5.74, 6) is 6.55. The second-order valence-electron chi connectivity index (χ2n) is 7.25. The predicted molar refractivity (Wildman–Crippen MR) is 110 cm³/mol. The van der Waals surface area contributed by atoms with Gasteiger partial charge in [-0.1, -0.05) is 42.2 Å². The van der Waals surface area contributed by atoms with Crippen LogP contribution in [0.5, 0.6) is 11.5 Å². The normalized spacial score (nSPS) is 13.3. The predicted octanol–water partition coefficient (Wildman–Crippen LogP) is 2.33. The smallest absolute Gasteiger partial charge is 0.251 e. The first kappa shape index (κ1) is 20.3. The summed E-state index contributed by atoms with van der Waals surface area (Å²) < 4.78 is 11.7. The molecule has 0 bridgehead atoms. The Labute approximate surface area is 170 Å². The molecule has 2 N–H and O–H groups in total. The molecular weight excluding hydrogens is 368 g/mol. The van der Waals surface area contributed by atoms with Crippen molar-refractivity contribution in [1.29, 1.82) is 0 Å². The van der Waals surface area contributed by atoms with E-state index in [4.69, 9.17) is 9.47 Å². The van der Waals surface area contributed by atoms with Crippen molar-refractivity contribution < 1.29 is 19.1 Å². The summed E-state index contributed by atoms with van der Waals surface area (Å²) in [4.78, 5) is 23.7. The zero-order valence-electron chi connectivity index (χ0n) is 16.6. The molecule has 1 aliphatic heterocycles. The molecule has 6 nitrogen and oxygen atoms in total. The zero-order chi connectivity index (χ0) is 20.7. The van der Waals surface area contributed by atoms with Crippen molar-refractivity contribution in [1.82, 2.24) is 10.6 Å². The largest absolute Gasteiger partial charge is 0.483 e. The first-order valence-corrected chi connectivity index (χ1v) is 9.44. The summed E-state index contributed by atoms with van der Waals surface area (Å²) >= 11 is 0. The highest BCUT2D eigenvalue weighted by molar-refractivity contribution is 5.96. The molecule has 0 radical (unpaired) electrons. The fourth-order valence-electron chi connectivity index (χ4n) is 2.99. The maximum atomic E-state index is 11.9. The number of carbonyl (C=O) groups is 2. The summed E-state index contributed by atoms with van der Waals surface area (Å²) in [5.41, 5.74) is 1.41. The van der Waals surface area contributed by atoms with Crippen LogP contribution in [0.15, 0.2) is 48.5 Å². The van der Waals surface area contributed by atoms with Crippen LogP contribution in [0.1, 0.15) is 29.8 Å². The average molecular weight is 392 g/mol. The number of carbonyl (C=O) groups excluding carboxylic acids is 2. The molecule has 29 heavy (non-hydrogen) atoms. The van der Waals surface area contributed by atoms with Gasteiger partial charge < -0.3 is 20.1 Å². The average Bonchev–Trinajstić information content (AvgIpc) is 3.04. The van der Waals surface area contributed by atoms with Gasteiger partial charge in [0.1, 0.15) is 12.2 Å². The third-order valence-corrected chi connectivity index (χ3v) is 4.30. The summed E-state index contributed by atoms with van der Waals surface area (Å²) in [6.45, 7) is 4.36. The number of rotatable bonds is 6. The van der Waals surface area contributed by atoms with Gasteiger partial charge in [-0.2, -0.15) is 0 Å². The second-order valence-corrected chi connectivity index (χ2v) is 7.25.